The Kier molecular flexibility index (Phi) is 5.80. The fourth-order valence-corrected chi connectivity index (χ4v) is 1.63. The Morgan fingerprint density at radius 1 is 1.26 bits per heavy atom. The highest BCUT2D eigenvalue weighted by molar-refractivity contribution is 5.26. The summed E-state index contributed by atoms with van der Waals surface area (Å²) in [6.45, 7) is 14.5. The first kappa shape index (κ1) is 16.0. The number of aromatic nitrogens is 1. The van der Waals surface area contributed by atoms with Gasteiger partial charge in [0.2, 0.25) is 5.88 Å². The second-order valence-electron chi connectivity index (χ2n) is 6.35. The maximum atomic E-state index is 5.68. The van der Waals surface area contributed by atoms with Gasteiger partial charge in [0.25, 0.3) is 0 Å². The number of nitrogens with zero attached hydrogens (tertiary/aromatic N) is 1. The molecule has 3 heteroatoms. The van der Waals surface area contributed by atoms with Crippen LogP contribution in [-0.2, 0) is 6.54 Å². The van der Waals surface area contributed by atoms with Crippen molar-refractivity contribution in [1.82, 2.24) is 10.3 Å². The minimum atomic E-state index is 0.117. The van der Waals surface area contributed by atoms with E-state index in [0.29, 0.717) is 5.92 Å². The van der Waals surface area contributed by atoms with Crippen molar-refractivity contribution >= 4 is 0 Å². The fourth-order valence-electron chi connectivity index (χ4n) is 1.63. The van der Waals surface area contributed by atoms with Crippen molar-refractivity contribution in [2.45, 2.75) is 66.0 Å². The topological polar surface area (TPSA) is 34.1 Å². The maximum absolute atomic E-state index is 5.68. The Morgan fingerprint density at radius 2 is 1.95 bits per heavy atom. The lowest BCUT2D eigenvalue weighted by atomic mass is 10.1. The van der Waals surface area contributed by atoms with Crippen molar-refractivity contribution in [1.29, 1.82) is 0 Å². The summed E-state index contributed by atoms with van der Waals surface area (Å²) in [4.78, 5) is 4.56. The predicted octanol–water partition coefficient (Wildman–Crippen LogP) is 3.88. The summed E-state index contributed by atoms with van der Waals surface area (Å²) in [5.41, 5.74) is 2.45. The van der Waals surface area contributed by atoms with Gasteiger partial charge in [-0.2, -0.15) is 0 Å². The van der Waals surface area contributed by atoms with Gasteiger partial charge in [-0.15, -0.1) is 0 Å². The van der Waals surface area contributed by atoms with Crippen LogP contribution < -0.4 is 10.1 Å². The molecule has 0 saturated heterocycles. The van der Waals surface area contributed by atoms with Gasteiger partial charge in [0.05, 0.1) is 6.61 Å². The van der Waals surface area contributed by atoms with Gasteiger partial charge in [0, 0.05) is 23.8 Å². The van der Waals surface area contributed by atoms with E-state index in [-0.39, 0.29) is 5.54 Å². The molecule has 0 spiro atoms. The monoisotopic (exact) mass is 264 g/mol. The molecule has 0 amide bonds. The zero-order chi connectivity index (χ0) is 14.5. The van der Waals surface area contributed by atoms with Gasteiger partial charge in [-0.05, 0) is 44.7 Å². The molecule has 108 valence electrons. The molecule has 0 bridgehead atoms. The standard InChI is InChI=1S/C16H28N2O/c1-7-8-19-15-10-13(11-17-16(4,5)6)9-14(18-15)12(2)3/h9-10,12,17H,7-8,11H2,1-6H3. The number of hydrogen-bond acceptors (Lipinski definition) is 3. The summed E-state index contributed by atoms with van der Waals surface area (Å²) in [5.74, 6) is 1.16. The molecule has 0 unspecified atom stereocenters. The molecule has 1 heterocycles. The molecule has 0 saturated carbocycles. The van der Waals surface area contributed by atoms with Crippen LogP contribution in [0.25, 0.3) is 0 Å². The van der Waals surface area contributed by atoms with Crippen LogP contribution in [0.15, 0.2) is 12.1 Å². The Balaban J connectivity index is 2.86. The van der Waals surface area contributed by atoms with Crippen molar-refractivity contribution in [3.63, 3.8) is 0 Å². The van der Waals surface area contributed by atoms with E-state index in [4.69, 9.17) is 4.74 Å². The molecule has 19 heavy (non-hydrogen) atoms. The summed E-state index contributed by atoms with van der Waals surface area (Å²) in [6.07, 6.45) is 1.00. The van der Waals surface area contributed by atoms with Gasteiger partial charge in [-0.1, -0.05) is 20.8 Å². The Labute approximate surface area is 117 Å². The van der Waals surface area contributed by atoms with Gasteiger partial charge < -0.3 is 10.1 Å². The number of hydrogen-bond donors (Lipinski definition) is 1. The largest absolute Gasteiger partial charge is 0.478 e. The quantitative estimate of drug-likeness (QED) is 0.846. The van der Waals surface area contributed by atoms with E-state index < -0.39 is 0 Å². The van der Waals surface area contributed by atoms with Gasteiger partial charge in [-0.25, -0.2) is 4.98 Å². The van der Waals surface area contributed by atoms with Crippen molar-refractivity contribution in [3.05, 3.63) is 23.4 Å². The molecule has 1 aromatic heterocycles. The van der Waals surface area contributed by atoms with E-state index in [2.05, 4.69) is 57.9 Å². The smallest absolute Gasteiger partial charge is 0.213 e. The first-order chi connectivity index (χ1) is 8.81. The van der Waals surface area contributed by atoms with Gasteiger partial charge in [-0.3, -0.25) is 0 Å². The lowest BCUT2D eigenvalue weighted by Gasteiger charge is -2.21. The number of pyridine rings is 1. The van der Waals surface area contributed by atoms with Crippen molar-refractivity contribution in [2.75, 3.05) is 6.61 Å². The SMILES string of the molecule is CCCOc1cc(CNC(C)(C)C)cc(C(C)C)n1. The average molecular weight is 264 g/mol. The molecule has 0 aromatic carbocycles. The molecule has 0 aliphatic heterocycles. The third kappa shape index (κ3) is 6.06. The Morgan fingerprint density at radius 3 is 2.47 bits per heavy atom. The summed E-state index contributed by atoms with van der Waals surface area (Å²) < 4.78 is 5.68. The summed E-state index contributed by atoms with van der Waals surface area (Å²) in [6, 6.07) is 4.21. The van der Waals surface area contributed by atoms with Crippen LogP contribution in [0.5, 0.6) is 5.88 Å². The van der Waals surface area contributed by atoms with Crippen LogP contribution in [0.2, 0.25) is 0 Å². The molecule has 0 atom stereocenters. The zero-order valence-electron chi connectivity index (χ0n) is 13.2. The van der Waals surface area contributed by atoms with E-state index in [9.17, 15) is 0 Å². The van der Waals surface area contributed by atoms with Crippen LogP contribution >= 0.6 is 0 Å². The number of ether oxygens (including phenoxy) is 1. The molecule has 1 aromatic rings. The van der Waals surface area contributed by atoms with E-state index >= 15 is 0 Å². The van der Waals surface area contributed by atoms with Crippen molar-refractivity contribution < 1.29 is 4.74 Å². The Bertz CT molecular complexity index is 394. The van der Waals surface area contributed by atoms with Crippen molar-refractivity contribution in [2.24, 2.45) is 0 Å². The number of nitrogens with one attached hydrogen (secondary N) is 1. The molecular weight excluding hydrogens is 236 g/mol. The highest BCUT2D eigenvalue weighted by Crippen LogP contribution is 2.19. The first-order valence-corrected chi connectivity index (χ1v) is 7.20. The van der Waals surface area contributed by atoms with Crippen LogP contribution in [-0.4, -0.2) is 17.1 Å². The van der Waals surface area contributed by atoms with E-state index in [1.807, 2.05) is 6.07 Å². The number of rotatable bonds is 6. The van der Waals surface area contributed by atoms with Gasteiger partial charge >= 0.3 is 0 Å². The molecule has 0 radical (unpaired) electrons. The van der Waals surface area contributed by atoms with Crippen LogP contribution in [0.4, 0.5) is 0 Å². The van der Waals surface area contributed by atoms with Crippen LogP contribution in [0.3, 0.4) is 0 Å². The van der Waals surface area contributed by atoms with Crippen molar-refractivity contribution in [3.8, 4) is 5.88 Å². The third-order valence-electron chi connectivity index (χ3n) is 2.75. The van der Waals surface area contributed by atoms with Gasteiger partial charge in [0.1, 0.15) is 0 Å². The zero-order valence-corrected chi connectivity index (χ0v) is 13.2. The molecule has 0 aliphatic carbocycles. The minimum Gasteiger partial charge on any atom is -0.478 e. The molecule has 3 nitrogen and oxygen atoms in total. The second-order valence-corrected chi connectivity index (χ2v) is 6.35. The Hall–Kier alpha value is -1.09. The highest BCUT2D eigenvalue weighted by atomic mass is 16.5. The first-order valence-electron chi connectivity index (χ1n) is 7.20. The van der Waals surface area contributed by atoms with E-state index in [0.717, 1.165) is 31.1 Å². The maximum Gasteiger partial charge on any atom is 0.213 e. The summed E-state index contributed by atoms with van der Waals surface area (Å²) in [7, 11) is 0. The highest BCUT2D eigenvalue weighted by Gasteiger charge is 2.11. The minimum absolute atomic E-state index is 0.117. The summed E-state index contributed by atoms with van der Waals surface area (Å²) >= 11 is 0. The second kappa shape index (κ2) is 6.90. The summed E-state index contributed by atoms with van der Waals surface area (Å²) in [5, 5.41) is 3.50. The molecular formula is C16H28N2O. The molecule has 1 rings (SSSR count). The van der Waals surface area contributed by atoms with E-state index in [1.165, 1.54) is 5.56 Å². The normalized spacial score (nSPS) is 11.9. The van der Waals surface area contributed by atoms with Crippen LogP contribution in [0.1, 0.15) is 65.1 Å². The average Bonchev–Trinajstić information content (AvgIpc) is 2.32. The fraction of sp³-hybridized carbons (Fsp3) is 0.688. The molecule has 1 N–H and O–H groups in total. The lowest BCUT2D eigenvalue weighted by Crippen LogP contribution is -2.35. The third-order valence-corrected chi connectivity index (χ3v) is 2.75. The predicted molar refractivity (Wildman–Crippen MR) is 80.7 cm³/mol. The lowest BCUT2D eigenvalue weighted by molar-refractivity contribution is 0.303. The van der Waals surface area contributed by atoms with E-state index in [1.54, 1.807) is 0 Å². The molecule has 0 fully saturated rings. The van der Waals surface area contributed by atoms with Gasteiger partial charge in [0.15, 0.2) is 0 Å². The molecule has 0 aliphatic rings. The van der Waals surface area contributed by atoms with Crippen LogP contribution in [0, 0.1) is 0 Å².